The zero-order valence-electron chi connectivity index (χ0n) is 5.55. The third kappa shape index (κ3) is 1.93. The molecule has 4 N–H and O–H groups in total. The molecule has 3 heteroatoms. The monoisotopic (exact) mass is 130 g/mol. The average molecular weight is 130 g/mol. The van der Waals surface area contributed by atoms with Gasteiger partial charge in [0.2, 0.25) is 0 Å². The molecule has 0 spiro atoms. The minimum Gasteiger partial charge on any atom is -0.328 e. The van der Waals surface area contributed by atoms with E-state index in [1.165, 1.54) is 0 Å². The predicted molar refractivity (Wildman–Crippen MR) is 35.5 cm³/mol. The van der Waals surface area contributed by atoms with Crippen LogP contribution in [-0.2, 0) is 4.84 Å². The van der Waals surface area contributed by atoms with Crippen LogP contribution < -0.4 is 11.6 Å². The van der Waals surface area contributed by atoms with Crippen LogP contribution in [0.15, 0.2) is 0 Å². The number of hydrogen-bond acceptors (Lipinski definition) is 3. The first kappa shape index (κ1) is 6.99. The van der Waals surface area contributed by atoms with Gasteiger partial charge >= 0.3 is 0 Å². The molecular formula is C6H14N2O. The highest BCUT2D eigenvalue weighted by Gasteiger charge is 2.18. The van der Waals surface area contributed by atoms with Crippen molar-refractivity contribution >= 4 is 0 Å². The van der Waals surface area contributed by atoms with Gasteiger partial charge in [-0.2, -0.15) is 0 Å². The SMILES string of the molecule is NO[C@H]1CCC[C@H](N)C1. The third-order valence-corrected chi connectivity index (χ3v) is 1.86. The summed E-state index contributed by atoms with van der Waals surface area (Å²) in [5.74, 6) is 5.01. The van der Waals surface area contributed by atoms with Crippen LogP contribution in [0.25, 0.3) is 0 Å². The van der Waals surface area contributed by atoms with E-state index in [1.807, 2.05) is 0 Å². The molecule has 1 fully saturated rings. The quantitative estimate of drug-likeness (QED) is 0.496. The van der Waals surface area contributed by atoms with Gasteiger partial charge in [-0.25, -0.2) is 5.90 Å². The van der Waals surface area contributed by atoms with Gasteiger partial charge in [0, 0.05) is 6.04 Å². The summed E-state index contributed by atoms with van der Waals surface area (Å²) in [5, 5.41) is 0. The van der Waals surface area contributed by atoms with E-state index in [-0.39, 0.29) is 6.10 Å². The van der Waals surface area contributed by atoms with Gasteiger partial charge < -0.3 is 10.6 Å². The van der Waals surface area contributed by atoms with Crippen molar-refractivity contribution in [3.8, 4) is 0 Å². The lowest BCUT2D eigenvalue weighted by atomic mass is 9.94. The second-order valence-corrected chi connectivity index (χ2v) is 2.68. The Bertz CT molecular complexity index is 87.1. The summed E-state index contributed by atoms with van der Waals surface area (Å²) in [7, 11) is 0. The van der Waals surface area contributed by atoms with E-state index in [0.717, 1.165) is 25.7 Å². The van der Waals surface area contributed by atoms with Gasteiger partial charge in [0.1, 0.15) is 0 Å². The highest BCUT2D eigenvalue weighted by Crippen LogP contribution is 2.17. The molecule has 1 aliphatic carbocycles. The maximum absolute atomic E-state index is 5.67. The summed E-state index contributed by atoms with van der Waals surface area (Å²) in [6.07, 6.45) is 4.50. The Hall–Kier alpha value is -0.120. The summed E-state index contributed by atoms with van der Waals surface area (Å²) >= 11 is 0. The van der Waals surface area contributed by atoms with Gasteiger partial charge in [-0.15, -0.1) is 0 Å². The van der Waals surface area contributed by atoms with Crippen molar-refractivity contribution < 1.29 is 4.84 Å². The van der Waals surface area contributed by atoms with Gasteiger partial charge in [0.15, 0.2) is 0 Å². The molecule has 0 aliphatic heterocycles. The Morgan fingerprint density at radius 2 is 2.11 bits per heavy atom. The lowest BCUT2D eigenvalue weighted by Gasteiger charge is -2.24. The van der Waals surface area contributed by atoms with E-state index in [4.69, 9.17) is 11.6 Å². The smallest absolute Gasteiger partial charge is 0.0802 e. The second-order valence-electron chi connectivity index (χ2n) is 2.68. The Labute approximate surface area is 55.3 Å². The molecule has 2 atom stereocenters. The molecule has 0 aromatic carbocycles. The molecule has 1 saturated carbocycles. The fourth-order valence-corrected chi connectivity index (χ4v) is 1.30. The molecule has 54 valence electrons. The summed E-state index contributed by atoms with van der Waals surface area (Å²) in [6, 6.07) is 0.312. The van der Waals surface area contributed by atoms with Gasteiger partial charge in [-0.05, 0) is 25.7 Å². The van der Waals surface area contributed by atoms with Crippen molar-refractivity contribution in [3.63, 3.8) is 0 Å². The van der Waals surface area contributed by atoms with E-state index in [1.54, 1.807) is 0 Å². The summed E-state index contributed by atoms with van der Waals surface area (Å²) in [5.41, 5.74) is 5.67. The molecule has 0 amide bonds. The summed E-state index contributed by atoms with van der Waals surface area (Å²) < 4.78 is 0. The van der Waals surface area contributed by atoms with Crippen molar-refractivity contribution in [2.45, 2.75) is 37.8 Å². The lowest BCUT2D eigenvalue weighted by Crippen LogP contribution is -2.33. The maximum Gasteiger partial charge on any atom is 0.0802 e. The highest BCUT2D eigenvalue weighted by atomic mass is 16.6. The van der Waals surface area contributed by atoms with Crippen molar-refractivity contribution in [2.24, 2.45) is 11.6 Å². The molecule has 1 rings (SSSR count). The maximum atomic E-state index is 5.67. The minimum absolute atomic E-state index is 0.216. The summed E-state index contributed by atoms with van der Waals surface area (Å²) in [4.78, 5) is 4.68. The molecule has 9 heavy (non-hydrogen) atoms. The molecule has 1 aliphatic rings. The lowest BCUT2D eigenvalue weighted by molar-refractivity contribution is 0.0229. The average Bonchev–Trinajstić information content (AvgIpc) is 1.88. The predicted octanol–water partition coefficient (Wildman–Crippen LogP) is 0.147. The van der Waals surface area contributed by atoms with Crippen LogP contribution in [0.2, 0.25) is 0 Å². The van der Waals surface area contributed by atoms with Crippen LogP contribution in [0.1, 0.15) is 25.7 Å². The van der Waals surface area contributed by atoms with Crippen LogP contribution in [0.4, 0.5) is 0 Å². The standard InChI is InChI=1S/C6H14N2O/c7-5-2-1-3-6(4-5)9-8/h5-6H,1-4,7-8H2/t5-,6-/m0/s1. The van der Waals surface area contributed by atoms with E-state index in [2.05, 4.69) is 4.84 Å². The van der Waals surface area contributed by atoms with Crippen molar-refractivity contribution in [1.29, 1.82) is 0 Å². The van der Waals surface area contributed by atoms with Crippen molar-refractivity contribution in [3.05, 3.63) is 0 Å². The Balaban J connectivity index is 2.23. The second kappa shape index (κ2) is 3.15. The van der Waals surface area contributed by atoms with Gasteiger partial charge in [0.05, 0.1) is 6.10 Å². The molecule has 0 unspecified atom stereocenters. The normalized spacial score (nSPS) is 36.7. The summed E-state index contributed by atoms with van der Waals surface area (Å²) in [6.45, 7) is 0. The van der Waals surface area contributed by atoms with Gasteiger partial charge in [-0.1, -0.05) is 0 Å². The van der Waals surface area contributed by atoms with Crippen LogP contribution in [0, 0.1) is 0 Å². The van der Waals surface area contributed by atoms with Crippen LogP contribution in [0.5, 0.6) is 0 Å². The van der Waals surface area contributed by atoms with Gasteiger partial charge in [-0.3, -0.25) is 0 Å². The fourth-order valence-electron chi connectivity index (χ4n) is 1.30. The van der Waals surface area contributed by atoms with E-state index >= 15 is 0 Å². The molecule has 0 heterocycles. The third-order valence-electron chi connectivity index (χ3n) is 1.86. The Morgan fingerprint density at radius 1 is 1.33 bits per heavy atom. The largest absolute Gasteiger partial charge is 0.328 e. The molecule has 3 nitrogen and oxygen atoms in total. The first-order valence-corrected chi connectivity index (χ1v) is 3.44. The first-order chi connectivity index (χ1) is 4.33. The zero-order chi connectivity index (χ0) is 6.69. The molecule has 0 radical (unpaired) electrons. The van der Waals surface area contributed by atoms with Crippen molar-refractivity contribution in [1.82, 2.24) is 0 Å². The van der Waals surface area contributed by atoms with Crippen LogP contribution in [0.3, 0.4) is 0 Å². The first-order valence-electron chi connectivity index (χ1n) is 3.44. The van der Waals surface area contributed by atoms with Crippen LogP contribution >= 0.6 is 0 Å². The molecule has 0 bridgehead atoms. The van der Waals surface area contributed by atoms with E-state index in [0.29, 0.717) is 6.04 Å². The number of rotatable bonds is 1. The molecular weight excluding hydrogens is 116 g/mol. The Morgan fingerprint density at radius 3 is 2.56 bits per heavy atom. The van der Waals surface area contributed by atoms with E-state index < -0.39 is 0 Å². The van der Waals surface area contributed by atoms with Gasteiger partial charge in [0.25, 0.3) is 0 Å². The zero-order valence-corrected chi connectivity index (χ0v) is 5.55. The molecule has 0 aromatic heterocycles. The molecule has 0 saturated heterocycles. The molecule has 0 aromatic rings. The van der Waals surface area contributed by atoms with E-state index in [9.17, 15) is 0 Å². The van der Waals surface area contributed by atoms with Crippen LogP contribution in [-0.4, -0.2) is 12.1 Å². The highest BCUT2D eigenvalue weighted by molar-refractivity contribution is 4.74. The minimum atomic E-state index is 0.216. The van der Waals surface area contributed by atoms with Crippen molar-refractivity contribution in [2.75, 3.05) is 0 Å². The fraction of sp³-hybridized carbons (Fsp3) is 1.00. The Kier molecular flexibility index (Phi) is 2.45. The topological polar surface area (TPSA) is 61.3 Å². The number of nitrogens with two attached hydrogens (primary N) is 2. The number of hydrogen-bond donors (Lipinski definition) is 2.